The van der Waals surface area contributed by atoms with Gasteiger partial charge in [-0.25, -0.2) is 4.39 Å². The van der Waals surface area contributed by atoms with Gasteiger partial charge in [0.15, 0.2) is 0 Å². The molecule has 0 aromatic heterocycles. The summed E-state index contributed by atoms with van der Waals surface area (Å²) >= 11 is 0. The molecule has 0 aliphatic carbocycles. The molecule has 0 bridgehead atoms. The van der Waals surface area contributed by atoms with Crippen molar-refractivity contribution in [3.63, 3.8) is 0 Å². The van der Waals surface area contributed by atoms with Gasteiger partial charge in [0.1, 0.15) is 5.82 Å². The molecule has 1 heterocycles. The summed E-state index contributed by atoms with van der Waals surface area (Å²) < 4.78 is 40.2. The van der Waals surface area contributed by atoms with Gasteiger partial charge >= 0.3 is 0 Å². The average molecular weight is 287 g/mol. The molecule has 1 aliphatic rings. The van der Waals surface area contributed by atoms with E-state index in [9.17, 15) is 12.8 Å². The van der Waals surface area contributed by atoms with Crippen LogP contribution in [-0.4, -0.2) is 14.1 Å². The lowest BCUT2D eigenvalue weighted by Crippen LogP contribution is -1.93. The number of benzene rings is 2. The number of hydrogen-bond acceptors (Lipinski definition) is 2. The molecule has 2 aromatic rings. The van der Waals surface area contributed by atoms with Crippen LogP contribution in [-0.2, 0) is 10.0 Å². The minimum Gasteiger partial charge on any atom is -0.207 e. The second-order valence-electron chi connectivity index (χ2n) is 4.33. The fourth-order valence-electron chi connectivity index (χ4n) is 2.00. The number of sulfonamides is 1. The van der Waals surface area contributed by atoms with Crippen LogP contribution in [0, 0.1) is 5.82 Å². The maximum Gasteiger partial charge on any atom is 0.283 e. The van der Waals surface area contributed by atoms with Gasteiger partial charge in [0, 0.05) is 5.56 Å². The van der Waals surface area contributed by atoms with Crippen molar-refractivity contribution < 1.29 is 12.8 Å². The highest BCUT2D eigenvalue weighted by Gasteiger charge is 2.26. The molecule has 0 unspecified atom stereocenters. The first kappa shape index (κ1) is 12.7. The molecule has 100 valence electrons. The SMILES string of the molecule is O=S1(=O)N=C(/C=C\c2ccc(F)cc2)c2ccccc21. The van der Waals surface area contributed by atoms with Gasteiger partial charge in [0.05, 0.1) is 10.6 Å². The Hall–Kier alpha value is -2.27. The number of hydrogen-bond donors (Lipinski definition) is 0. The zero-order valence-electron chi connectivity index (χ0n) is 10.3. The molecule has 0 radical (unpaired) electrons. The standard InChI is InChI=1S/C15H10FNO2S/c16-12-8-5-11(6-9-12)7-10-14-13-3-1-2-4-15(13)20(18,19)17-14/h1-10H/b10-7-. The monoisotopic (exact) mass is 287 g/mol. The van der Waals surface area contributed by atoms with Crippen molar-refractivity contribution >= 4 is 21.8 Å². The van der Waals surface area contributed by atoms with E-state index in [1.54, 1.807) is 42.5 Å². The van der Waals surface area contributed by atoms with Gasteiger partial charge in [0.25, 0.3) is 10.0 Å². The zero-order chi connectivity index (χ0) is 14.2. The van der Waals surface area contributed by atoms with Crippen LogP contribution in [0.2, 0.25) is 0 Å². The van der Waals surface area contributed by atoms with Crippen molar-refractivity contribution in [1.29, 1.82) is 0 Å². The maximum absolute atomic E-state index is 12.8. The Balaban J connectivity index is 1.98. The van der Waals surface area contributed by atoms with Gasteiger partial charge in [-0.2, -0.15) is 12.8 Å². The highest BCUT2D eigenvalue weighted by atomic mass is 32.2. The summed E-state index contributed by atoms with van der Waals surface area (Å²) in [6.45, 7) is 0. The number of fused-ring (bicyclic) bond motifs is 1. The fourth-order valence-corrected chi connectivity index (χ4v) is 3.22. The van der Waals surface area contributed by atoms with Crippen molar-refractivity contribution in [2.45, 2.75) is 4.90 Å². The second-order valence-corrected chi connectivity index (χ2v) is 5.91. The number of nitrogens with zero attached hydrogens (tertiary/aromatic N) is 1. The Morgan fingerprint density at radius 3 is 2.40 bits per heavy atom. The predicted octanol–water partition coefficient (Wildman–Crippen LogP) is 3.03. The normalized spacial score (nSPS) is 16.1. The average Bonchev–Trinajstić information content (AvgIpc) is 2.70. The Morgan fingerprint density at radius 2 is 1.65 bits per heavy atom. The molecule has 0 spiro atoms. The maximum atomic E-state index is 12.8. The number of halogens is 1. The van der Waals surface area contributed by atoms with E-state index in [0.29, 0.717) is 11.3 Å². The lowest BCUT2D eigenvalue weighted by molar-refractivity contribution is 0.599. The first-order chi connectivity index (χ1) is 9.56. The summed E-state index contributed by atoms with van der Waals surface area (Å²) in [5.41, 5.74) is 1.76. The third kappa shape index (κ3) is 2.28. The molecular formula is C15H10FNO2S. The third-order valence-electron chi connectivity index (χ3n) is 2.96. The molecule has 0 saturated carbocycles. The van der Waals surface area contributed by atoms with Crippen molar-refractivity contribution in [1.82, 2.24) is 0 Å². The summed E-state index contributed by atoms with van der Waals surface area (Å²) in [6.07, 6.45) is 3.33. The van der Waals surface area contributed by atoms with E-state index in [-0.39, 0.29) is 10.7 Å². The summed E-state index contributed by atoms with van der Waals surface area (Å²) in [4.78, 5) is 0.221. The summed E-state index contributed by atoms with van der Waals surface area (Å²) in [5.74, 6) is -0.312. The van der Waals surface area contributed by atoms with Crippen LogP contribution in [0.25, 0.3) is 6.08 Å². The van der Waals surface area contributed by atoms with Crippen molar-refractivity contribution in [2.24, 2.45) is 4.40 Å². The van der Waals surface area contributed by atoms with E-state index in [2.05, 4.69) is 4.40 Å². The van der Waals surface area contributed by atoms with Crippen LogP contribution >= 0.6 is 0 Å². The third-order valence-corrected chi connectivity index (χ3v) is 4.31. The molecule has 3 rings (SSSR count). The topological polar surface area (TPSA) is 46.5 Å². The van der Waals surface area contributed by atoms with E-state index < -0.39 is 10.0 Å². The van der Waals surface area contributed by atoms with Crippen LogP contribution in [0.5, 0.6) is 0 Å². The number of rotatable bonds is 2. The van der Waals surface area contributed by atoms with E-state index in [0.717, 1.165) is 5.56 Å². The van der Waals surface area contributed by atoms with Gasteiger partial charge in [-0.3, -0.25) is 0 Å². The van der Waals surface area contributed by atoms with Crippen molar-refractivity contribution in [2.75, 3.05) is 0 Å². The number of allylic oxidation sites excluding steroid dienone is 1. The molecule has 0 fully saturated rings. The van der Waals surface area contributed by atoms with E-state index in [1.165, 1.54) is 18.2 Å². The van der Waals surface area contributed by atoms with Gasteiger partial charge in [-0.15, -0.1) is 0 Å². The van der Waals surface area contributed by atoms with Gasteiger partial charge in [-0.05, 0) is 29.8 Å². The van der Waals surface area contributed by atoms with Crippen LogP contribution in [0.3, 0.4) is 0 Å². The fraction of sp³-hybridized carbons (Fsp3) is 0. The molecule has 0 amide bonds. The van der Waals surface area contributed by atoms with Crippen LogP contribution in [0.15, 0.2) is 63.9 Å². The van der Waals surface area contributed by atoms with Crippen LogP contribution < -0.4 is 0 Å². The minimum atomic E-state index is -3.59. The van der Waals surface area contributed by atoms with Gasteiger partial charge in [-0.1, -0.05) is 36.4 Å². The van der Waals surface area contributed by atoms with Crippen molar-refractivity contribution in [3.8, 4) is 0 Å². The Labute approximate surface area is 116 Å². The van der Waals surface area contributed by atoms with E-state index in [4.69, 9.17) is 0 Å². The predicted molar refractivity (Wildman–Crippen MR) is 75.6 cm³/mol. The molecule has 2 aromatic carbocycles. The molecule has 0 atom stereocenters. The molecule has 5 heteroatoms. The Bertz CT molecular complexity index is 821. The minimum absolute atomic E-state index is 0.221. The molecule has 0 saturated heterocycles. The lowest BCUT2D eigenvalue weighted by atomic mass is 10.1. The molecule has 0 N–H and O–H groups in total. The van der Waals surface area contributed by atoms with Crippen molar-refractivity contribution in [3.05, 3.63) is 71.6 Å². The summed E-state index contributed by atoms with van der Waals surface area (Å²) in [5, 5.41) is 0. The highest BCUT2D eigenvalue weighted by Crippen LogP contribution is 2.26. The molecule has 3 nitrogen and oxygen atoms in total. The lowest BCUT2D eigenvalue weighted by Gasteiger charge is -1.96. The molecular weight excluding hydrogens is 277 g/mol. The molecule has 20 heavy (non-hydrogen) atoms. The first-order valence-corrected chi connectivity index (χ1v) is 7.38. The Morgan fingerprint density at radius 1 is 0.950 bits per heavy atom. The van der Waals surface area contributed by atoms with Crippen LogP contribution in [0.4, 0.5) is 4.39 Å². The van der Waals surface area contributed by atoms with Gasteiger partial charge < -0.3 is 0 Å². The van der Waals surface area contributed by atoms with Gasteiger partial charge in [0.2, 0.25) is 0 Å². The Kier molecular flexibility index (Phi) is 2.99. The molecule has 1 aliphatic heterocycles. The first-order valence-electron chi connectivity index (χ1n) is 5.94. The van der Waals surface area contributed by atoms with E-state index >= 15 is 0 Å². The smallest absolute Gasteiger partial charge is 0.207 e. The van der Waals surface area contributed by atoms with Crippen LogP contribution in [0.1, 0.15) is 11.1 Å². The summed E-state index contributed by atoms with van der Waals surface area (Å²) in [6, 6.07) is 12.6. The van der Waals surface area contributed by atoms with E-state index in [1.807, 2.05) is 0 Å². The second kappa shape index (κ2) is 4.68. The summed E-state index contributed by atoms with van der Waals surface area (Å²) in [7, 11) is -3.59. The zero-order valence-corrected chi connectivity index (χ0v) is 11.1. The largest absolute Gasteiger partial charge is 0.283 e. The highest BCUT2D eigenvalue weighted by molar-refractivity contribution is 7.90. The quantitative estimate of drug-likeness (QED) is 0.852.